The van der Waals surface area contributed by atoms with Gasteiger partial charge in [-0.3, -0.25) is 4.79 Å². The molecule has 1 N–H and O–H groups in total. The molecule has 0 spiro atoms. The molecule has 1 aromatic rings. The highest BCUT2D eigenvalue weighted by atomic mass is 16.7. The predicted molar refractivity (Wildman–Crippen MR) is 90.4 cm³/mol. The molecule has 1 saturated heterocycles. The SMILES string of the molecule is CC[C@H]1CN(C(C)=O)CC[C@@H]1NCc1cc(OC)c2c(c1)OCO2. The Balaban J connectivity index is 1.64. The van der Waals surface area contributed by atoms with E-state index in [-0.39, 0.29) is 12.7 Å². The first-order valence-corrected chi connectivity index (χ1v) is 8.57. The lowest BCUT2D eigenvalue weighted by Gasteiger charge is -2.38. The standard InChI is InChI=1S/C18H26N2O4/c1-4-14-10-20(12(2)21)6-5-15(14)19-9-13-7-16(22-3)18-17(8-13)23-11-24-18/h7-8,14-15,19H,4-6,9-11H2,1-3H3/t14-,15-/m0/s1. The maximum atomic E-state index is 11.6. The Bertz CT molecular complexity index is 605. The van der Waals surface area contributed by atoms with Gasteiger partial charge in [-0.05, 0) is 30.0 Å². The van der Waals surface area contributed by atoms with Crippen molar-refractivity contribution in [2.24, 2.45) is 5.92 Å². The molecule has 1 aromatic carbocycles. The number of nitrogens with one attached hydrogen (secondary N) is 1. The molecular weight excluding hydrogens is 308 g/mol. The molecule has 0 radical (unpaired) electrons. The lowest BCUT2D eigenvalue weighted by Crippen LogP contribution is -2.50. The smallest absolute Gasteiger partial charge is 0.231 e. The molecule has 2 atom stereocenters. The van der Waals surface area contributed by atoms with Crippen LogP contribution in [-0.2, 0) is 11.3 Å². The number of likely N-dealkylation sites (tertiary alicyclic amines) is 1. The van der Waals surface area contributed by atoms with Crippen LogP contribution in [0.4, 0.5) is 0 Å². The van der Waals surface area contributed by atoms with Crippen LogP contribution in [0.2, 0.25) is 0 Å². The van der Waals surface area contributed by atoms with Crippen LogP contribution >= 0.6 is 0 Å². The van der Waals surface area contributed by atoms with E-state index in [1.165, 1.54) is 0 Å². The minimum Gasteiger partial charge on any atom is -0.493 e. The van der Waals surface area contributed by atoms with Crippen molar-refractivity contribution in [2.75, 3.05) is 27.0 Å². The first-order chi connectivity index (χ1) is 11.6. The van der Waals surface area contributed by atoms with Crippen molar-refractivity contribution in [3.63, 3.8) is 0 Å². The lowest BCUT2D eigenvalue weighted by atomic mass is 9.89. The Hall–Kier alpha value is -1.95. The topological polar surface area (TPSA) is 60.0 Å². The number of carbonyl (C=O) groups excluding carboxylic acids is 1. The Labute approximate surface area is 143 Å². The molecule has 0 unspecified atom stereocenters. The number of hydrogen-bond donors (Lipinski definition) is 1. The number of methoxy groups -OCH3 is 1. The number of hydrogen-bond acceptors (Lipinski definition) is 5. The summed E-state index contributed by atoms with van der Waals surface area (Å²) in [5.41, 5.74) is 1.11. The first kappa shape index (κ1) is 16.9. The summed E-state index contributed by atoms with van der Waals surface area (Å²) in [7, 11) is 1.64. The number of ether oxygens (including phenoxy) is 3. The fourth-order valence-electron chi connectivity index (χ4n) is 3.54. The van der Waals surface area contributed by atoms with Crippen LogP contribution in [-0.4, -0.2) is 43.8 Å². The van der Waals surface area contributed by atoms with E-state index in [0.29, 0.717) is 23.5 Å². The monoisotopic (exact) mass is 334 g/mol. The summed E-state index contributed by atoms with van der Waals surface area (Å²) < 4.78 is 16.3. The van der Waals surface area contributed by atoms with Crippen molar-refractivity contribution in [3.8, 4) is 17.2 Å². The van der Waals surface area contributed by atoms with Gasteiger partial charge >= 0.3 is 0 Å². The molecule has 1 amide bonds. The maximum absolute atomic E-state index is 11.6. The van der Waals surface area contributed by atoms with Gasteiger partial charge in [0.1, 0.15) is 0 Å². The average Bonchev–Trinajstić information content (AvgIpc) is 3.07. The predicted octanol–water partition coefficient (Wildman–Crippen LogP) is 2.16. The van der Waals surface area contributed by atoms with Crippen molar-refractivity contribution in [1.82, 2.24) is 10.2 Å². The molecule has 2 aliphatic rings. The summed E-state index contributed by atoms with van der Waals surface area (Å²) in [6, 6.07) is 4.41. The van der Waals surface area contributed by atoms with E-state index in [4.69, 9.17) is 14.2 Å². The third kappa shape index (κ3) is 3.43. The van der Waals surface area contributed by atoms with Gasteiger partial charge in [-0.1, -0.05) is 13.3 Å². The quantitative estimate of drug-likeness (QED) is 0.894. The zero-order valence-corrected chi connectivity index (χ0v) is 14.6. The van der Waals surface area contributed by atoms with Gasteiger partial charge in [0.25, 0.3) is 0 Å². The molecule has 0 bridgehead atoms. The van der Waals surface area contributed by atoms with E-state index in [1.807, 2.05) is 17.0 Å². The maximum Gasteiger partial charge on any atom is 0.231 e. The van der Waals surface area contributed by atoms with Gasteiger partial charge < -0.3 is 24.4 Å². The third-order valence-corrected chi connectivity index (χ3v) is 4.99. The van der Waals surface area contributed by atoms with Gasteiger partial charge in [0.2, 0.25) is 18.4 Å². The van der Waals surface area contributed by atoms with E-state index in [1.54, 1.807) is 14.0 Å². The van der Waals surface area contributed by atoms with Gasteiger partial charge in [-0.15, -0.1) is 0 Å². The average molecular weight is 334 g/mol. The lowest BCUT2D eigenvalue weighted by molar-refractivity contribution is -0.131. The van der Waals surface area contributed by atoms with Crippen molar-refractivity contribution >= 4 is 5.91 Å². The van der Waals surface area contributed by atoms with E-state index in [2.05, 4.69) is 12.2 Å². The zero-order valence-electron chi connectivity index (χ0n) is 14.6. The molecule has 1 fully saturated rings. The number of piperidine rings is 1. The Morgan fingerprint density at radius 3 is 2.96 bits per heavy atom. The van der Waals surface area contributed by atoms with Gasteiger partial charge in [-0.2, -0.15) is 0 Å². The van der Waals surface area contributed by atoms with Crippen LogP contribution < -0.4 is 19.5 Å². The van der Waals surface area contributed by atoms with Crippen LogP contribution in [0.1, 0.15) is 32.3 Å². The molecule has 0 saturated carbocycles. The summed E-state index contributed by atoms with van der Waals surface area (Å²) in [6.45, 7) is 6.49. The van der Waals surface area contributed by atoms with Crippen molar-refractivity contribution in [2.45, 2.75) is 39.3 Å². The molecule has 0 aliphatic carbocycles. The van der Waals surface area contributed by atoms with Gasteiger partial charge in [0, 0.05) is 32.6 Å². The highest BCUT2D eigenvalue weighted by Gasteiger charge is 2.29. The number of carbonyl (C=O) groups is 1. The van der Waals surface area contributed by atoms with Gasteiger partial charge in [0.15, 0.2) is 11.5 Å². The van der Waals surface area contributed by atoms with E-state index in [0.717, 1.165) is 43.8 Å². The van der Waals surface area contributed by atoms with E-state index >= 15 is 0 Å². The first-order valence-electron chi connectivity index (χ1n) is 8.57. The van der Waals surface area contributed by atoms with Gasteiger partial charge in [0.05, 0.1) is 7.11 Å². The molecule has 2 heterocycles. The number of benzene rings is 1. The zero-order chi connectivity index (χ0) is 17.1. The number of nitrogens with zero attached hydrogens (tertiary/aromatic N) is 1. The second kappa shape index (κ2) is 7.30. The van der Waals surface area contributed by atoms with Crippen LogP contribution in [0.3, 0.4) is 0 Å². The summed E-state index contributed by atoms with van der Waals surface area (Å²) in [4.78, 5) is 13.5. The summed E-state index contributed by atoms with van der Waals surface area (Å²) >= 11 is 0. The third-order valence-electron chi connectivity index (χ3n) is 4.99. The molecular formula is C18H26N2O4. The fourth-order valence-corrected chi connectivity index (χ4v) is 3.54. The summed E-state index contributed by atoms with van der Waals surface area (Å²) in [6.07, 6.45) is 2.05. The number of rotatable bonds is 5. The van der Waals surface area contributed by atoms with Gasteiger partial charge in [-0.25, -0.2) is 0 Å². The van der Waals surface area contributed by atoms with Crippen molar-refractivity contribution < 1.29 is 19.0 Å². The Morgan fingerprint density at radius 1 is 1.42 bits per heavy atom. The minimum atomic E-state index is 0.174. The van der Waals surface area contributed by atoms with Crippen molar-refractivity contribution in [1.29, 1.82) is 0 Å². The summed E-state index contributed by atoms with van der Waals surface area (Å²) in [5.74, 6) is 2.79. The molecule has 6 heteroatoms. The highest BCUT2D eigenvalue weighted by Crippen LogP contribution is 2.41. The number of fused-ring (bicyclic) bond motifs is 1. The largest absolute Gasteiger partial charge is 0.493 e. The molecule has 0 aromatic heterocycles. The van der Waals surface area contributed by atoms with Crippen molar-refractivity contribution in [3.05, 3.63) is 17.7 Å². The Kier molecular flexibility index (Phi) is 5.14. The molecule has 24 heavy (non-hydrogen) atoms. The minimum absolute atomic E-state index is 0.174. The highest BCUT2D eigenvalue weighted by molar-refractivity contribution is 5.73. The van der Waals surface area contributed by atoms with Crippen LogP contribution in [0, 0.1) is 5.92 Å². The summed E-state index contributed by atoms with van der Waals surface area (Å²) in [5, 5.41) is 3.65. The molecule has 6 nitrogen and oxygen atoms in total. The second-order valence-corrected chi connectivity index (χ2v) is 6.44. The normalized spacial score (nSPS) is 22.5. The number of amides is 1. The fraction of sp³-hybridized carbons (Fsp3) is 0.611. The molecule has 3 rings (SSSR count). The van der Waals surface area contributed by atoms with Crippen LogP contribution in [0.5, 0.6) is 17.2 Å². The van der Waals surface area contributed by atoms with E-state index < -0.39 is 0 Å². The van der Waals surface area contributed by atoms with Crippen LogP contribution in [0.25, 0.3) is 0 Å². The molecule has 132 valence electrons. The molecule has 2 aliphatic heterocycles. The van der Waals surface area contributed by atoms with E-state index in [9.17, 15) is 4.79 Å². The second-order valence-electron chi connectivity index (χ2n) is 6.44. The van der Waals surface area contributed by atoms with Crippen LogP contribution in [0.15, 0.2) is 12.1 Å². The Morgan fingerprint density at radius 2 is 2.25 bits per heavy atom.